The maximum Gasteiger partial charge on any atom is 0.348 e. The summed E-state index contributed by atoms with van der Waals surface area (Å²) in [5.41, 5.74) is 0. The smallest absolute Gasteiger partial charge is 0.348 e. The average Bonchev–Trinajstić information content (AvgIpc) is 3.06. The van der Waals surface area contributed by atoms with Gasteiger partial charge in [0.25, 0.3) is 0 Å². The van der Waals surface area contributed by atoms with Crippen molar-refractivity contribution in [3.8, 4) is 5.75 Å². The molecule has 0 N–H and O–H groups in total. The Morgan fingerprint density at radius 3 is 2.89 bits per heavy atom. The van der Waals surface area contributed by atoms with Crippen molar-refractivity contribution in [2.45, 2.75) is 31.8 Å². The van der Waals surface area contributed by atoms with Crippen molar-refractivity contribution in [1.82, 2.24) is 4.98 Å². The number of hydrogen-bond acceptors (Lipinski definition) is 5. The molecule has 0 atom stereocenters. The van der Waals surface area contributed by atoms with Crippen LogP contribution in [0.3, 0.4) is 0 Å². The van der Waals surface area contributed by atoms with E-state index in [1.807, 2.05) is 6.07 Å². The highest BCUT2D eigenvalue weighted by atomic mass is 32.1. The molecule has 0 aromatic carbocycles. The zero-order valence-corrected chi connectivity index (χ0v) is 11.5. The molecule has 0 aliphatic heterocycles. The van der Waals surface area contributed by atoms with E-state index in [9.17, 15) is 4.79 Å². The third-order valence-electron chi connectivity index (χ3n) is 3.39. The number of nitrogens with zero attached hydrogens (tertiary/aromatic N) is 1. The van der Waals surface area contributed by atoms with Crippen LogP contribution in [0.4, 0.5) is 0 Å². The molecule has 2 aromatic heterocycles. The number of hydrogen-bond donors (Lipinski definition) is 0. The number of ether oxygens (including phenoxy) is 2. The van der Waals surface area contributed by atoms with Crippen LogP contribution in [0.1, 0.15) is 35.4 Å². The molecule has 2 heterocycles. The first kappa shape index (κ1) is 12.4. The standard InChI is InChI=1S/C14H15NO3S/c1-17-14(16)12-6-10-11(7-15-8-13(10)19-12)18-9-4-2-3-5-9/h6-9H,2-5H2,1H3. The molecule has 2 aromatic rings. The quantitative estimate of drug-likeness (QED) is 0.807. The van der Waals surface area contributed by atoms with Crippen LogP contribution < -0.4 is 4.74 Å². The van der Waals surface area contributed by atoms with Crippen molar-refractivity contribution in [2.24, 2.45) is 0 Å². The fourth-order valence-electron chi connectivity index (χ4n) is 2.42. The lowest BCUT2D eigenvalue weighted by Gasteiger charge is -2.13. The Hall–Kier alpha value is -1.62. The molecule has 0 saturated heterocycles. The molecular weight excluding hydrogens is 262 g/mol. The Morgan fingerprint density at radius 1 is 1.37 bits per heavy atom. The Labute approximate surface area is 115 Å². The van der Waals surface area contributed by atoms with Crippen LogP contribution >= 0.6 is 11.3 Å². The van der Waals surface area contributed by atoms with Crippen LogP contribution in [-0.4, -0.2) is 24.2 Å². The van der Waals surface area contributed by atoms with Gasteiger partial charge < -0.3 is 9.47 Å². The van der Waals surface area contributed by atoms with Crippen molar-refractivity contribution in [1.29, 1.82) is 0 Å². The third-order valence-corrected chi connectivity index (χ3v) is 4.44. The second kappa shape index (κ2) is 5.17. The Morgan fingerprint density at radius 2 is 2.16 bits per heavy atom. The normalized spacial score (nSPS) is 15.8. The van der Waals surface area contributed by atoms with Gasteiger partial charge >= 0.3 is 5.97 Å². The number of aromatic nitrogens is 1. The molecular formula is C14H15NO3S. The second-order valence-electron chi connectivity index (χ2n) is 4.68. The fourth-order valence-corrected chi connectivity index (χ4v) is 3.38. The lowest BCUT2D eigenvalue weighted by Crippen LogP contribution is -2.11. The summed E-state index contributed by atoms with van der Waals surface area (Å²) in [7, 11) is 1.39. The first-order valence-electron chi connectivity index (χ1n) is 6.40. The van der Waals surface area contributed by atoms with Crippen molar-refractivity contribution in [2.75, 3.05) is 7.11 Å². The van der Waals surface area contributed by atoms with E-state index in [-0.39, 0.29) is 12.1 Å². The van der Waals surface area contributed by atoms with E-state index < -0.39 is 0 Å². The van der Waals surface area contributed by atoms with Gasteiger partial charge in [0.15, 0.2) is 0 Å². The number of carbonyl (C=O) groups is 1. The Bertz CT molecular complexity index is 602. The summed E-state index contributed by atoms with van der Waals surface area (Å²) >= 11 is 1.38. The third kappa shape index (κ3) is 2.42. The Kier molecular flexibility index (Phi) is 3.38. The summed E-state index contributed by atoms with van der Waals surface area (Å²) < 4.78 is 11.7. The minimum atomic E-state index is -0.312. The number of methoxy groups -OCH3 is 1. The molecule has 0 radical (unpaired) electrons. The van der Waals surface area contributed by atoms with Gasteiger partial charge in [0.2, 0.25) is 0 Å². The van der Waals surface area contributed by atoms with Crippen molar-refractivity contribution < 1.29 is 14.3 Å². The van der Waals surface area contributed by atoms with E-state index in [1.54, 1.807) is 12.4 Å². The number of rotatable bonds is 3. The number of pyridine rings is 1. The first-order valence-corrected chi connectivity index (χ1v) is 7.22. The first-order chi connectivity index (χ1) is 9.28. The molecule has 1 saturated carbocycles. The molecule has 0 spiro atoms. The van der Waals surface area contributed by atoms with Gasteiger partial charge in [0.05, 0.1) is 24.1 Å². The van der Waals surface area contributed by atoms with Crippen LogP contribution in [0.15, 0.2) is 18.5 Å². The summed E-state index contributed by atoms with van der Waals surface area (Å²) in [5, 5.41) is 0.951. The lowest BCUT2D eigenvalue weighted by atomic mass is 10.2. The largest absolute Gasteiger partial charge is 0.488 e. The van der Waals surface area contributed by atoms with Crippen molar-refractivity contribution in [3.63, 3.8) is 0 Å². The van der Waals surface area contributed by atoms with Crippen LogP contribution in [0, 0.1) is 0 Å². The van der Waals surface area contributed by atoms with Crippen molar-refractivity contribution in [3.05, 3.63) is 23.3 Å². The van der Waals surface area contributed by atoms with Gasteiger partial charge in [-0.05, 0) is 31.7 Å². The maximum atomic E-state index is 11.6. The zero-order valence-electron chi connectivity index (χ0n) is 10.7. The van der Waals surface area contributed by atoms with Gasteiger partial charge in [0.1, 0.15) is 10.6 Å². The monoisotopic (exact) mass is 277 g/mol. The highest BCUT2D eigenvalue weighted by Gasteiger charge is 2.19. The van der Waals surface area contributed by atoms with Gasteiger partial charge in [-0.25, -0.2) is 4.79 Å². The predicted octanol–water partition coefficient (Wildman–Crippen LogP) is 3.40. The van der Waals surface area contributed by atoms with E-state index >= 15 is 0 Å². The lowest BCUT2D eigenvalue weighted by molar-refractivity contribution is 0.0606. The van der Waals surface area contributed by atoms with Crippen LogP contribution in [0.5, 0.6) is 5.75 Å². The van der Waals surface area contributed by atoms with Crippen LogP contribution in [0.25, 0.3) is 10.1 Å². The van der Waals surface area contributed by atoms with E-state index in [1.165, 1.54) is 31.3 Å². The summed E-state index contributed by atoms with van der Waals surface area (Å²) in [4.78, 5) is 16.3. The molecule has 4 nitrogen and oxygen atoms in total. The number of fused-ring (bicyclic) bond motifs is 1. The van der Waals surface area contributed by atoms with E-state index in [2.05, 4.69) is 4.98 Å². The van der Waals surface area contributed by atoms with Crippen molar-refractivity contribution >= 4 is 27.4 Å². The van der Waals surface area contributed by atoms with Gasteiger partial charge in [-0.1, -0.05) is 0 Å². The van der Waals surface area contributed by atoms with E-state index in [0.717, 1.165) is 28.7 Å². The maximum absolute atomic E-state index is 11.6. The van der Waals surface area contributed by atoms with Crippen LogP contribution in [0.2, 0.25) is 0 Å². The topological polar surface area (TPSA) is 48.4 Å². The SMILES string of the molecule is COC(=O)c1cc2c(OC3CCCC3)cncc2s1. The molecule has 0 bridgehead atoms. The molecule has 19 heavy (non-hydrogen) atoms. The van der Waals surface area contributed by atoms with E-state index in [4.69, 9.17) is 9.47 Å². The fraction of sp³-hybridized carbons (Fsp3) is 0.429. The highest BCUT2D eigenvalue weighted by Crippen LogP contribution is 2.34. The molecule has 0 unspecified atom stereocenters. The number of carbonyl (C=O) groups excluding carboxylic acids is 1. The molecule has 1 aliphatic rings. The summed E-state index contributed by atoms with van der Waals surface area (Å²) in [6.07, 6.45) is 8.43. The van der Waals surface area contributed by atoms with E-state index in [0.29, 0.717) is 4.88 Å². The minimum Gasteiger partial charge on any atom is -0.488 e. The molecule has 1 aliphatic carbocycles. The van der Waals surface area contributed by atoms with Gasteiger partial charge in [0, 0.05) is 11.6 Å². The number of esters is 1. The zero-order chi connectivity index (χ0) is 13.2. The molecule has 100 valence electrons. The molecule has 1 fully saturated rings. The van der Waals surface area contributed by atoms with Gasteiger partial charge in [-0.15, -0.1) is 11.3 Å². The van der Waals surface area contributed by atoms with Crippen LogP contribution in [-0.2, 0) is 4.74 Å². The summed E-state index contributed by atoms with van der Waals surface area (Å²) in [6.45, 7) is 0. The summed E-state index contributed by atoms with van der Waals surface area (Å²) in [6, 6.07) is 1.83. The minimum absolute atomic E-state index is 0.286. The predicted molar refractivity (Wildman–Crippen MR) is 73.8 cm³/mol. The number of thiophene rings is 1. The molecule has 3 rings (SSSR count). The molecule has 0 amide bonds. The summed E-state index contributed by atoms with van der Waals surface area (Å²) in [5.74, 6) is 0.462. The highest BCUT2D eigenvalue weighted by molar-refractivity contribution is 7.20. The second-order valence-corrected chi connectivity index (χ2v) is 5.76. The molecule has 5 heteroatoms. The van der Waals surface area contributed by atoms with Gasteiger partial charge in [-0.2, -0.15) is 0 Å². The average molecular weight is 277 g/mol. The Balaban J connectivity index is 1.94. The van der Waals surface area contributed by atoms with Gasteiger partial charge in [-0.3, -0.25) is 4.98 Å².